The van der Waals surface area contributed by atoms with Gasteiger partial charge >= 0.3 is 0 Å². The molecule has 0 bridgehead atoms. The highest BCUT2D eigenvalue weighted by molar-refractivity contribution is 6.09. The number of hydrogen-bond donors (Lipinski definition) is 0. The Hall–Kier alpha value is -1.14. The van der Waals surface area contributed by atoms with Crippen molar-refractivity contribution < 1.29 is 9.59 Å². The fourth-order valence-electron chi connectivity index (χ4n) is 0.549. The first kappa shape index (κ1) is 8.86. The van der Waals surface area contributed by atoms with E-state index in [-0.39, 0.29) is 11.4 Å². The molecule has 0 amide bonds. The monoisotopic (exact) mass is 138 g/mol. The van der Waals surface area contributed by atoms with Crippen LogP contribution in [0.3, 0.4) is 0 Å². The summed E-state index contributed by atoms with van der Waals surface area (Å²) in [7, 11) is 0. The van der Waals surface area contributed by atoms with E-state index in [9.17, 15) is 9.59 Å². The minimum Gasteiger partial charge on any atom is -0.289 e. The second kappa shape index (κ2) is 4.71. The van der Waals surface area contributed by atoms with Gasteiger partial charge in [-0.05, 0) is 19.4 Å². The highest BCUT2D eigenvalue weighted by Gasteiger charge is 2.02. The smallest absolute Gasteiger partial charge is 0.192 e. The maximum atomic E-state index is 10.8. The van der Waals surface area contributed by atoms with E-state index < -0.39 is 0 Å². The molecule has 0 spiro atoms. The van der Waals surface area contributed by atoms with Crippen LogP contribution >= 0.6 is 0 Å². The number of carbonyl (C=O) groups excluding carboxylic acids is 2. The van der Waals surface area contributed by atoms with Gasteiger partial charge in [0.15, 0.2) is 5.78 Å². The van der Waals surface area contributed by atoms with Gasteiger partial charge in [0, 0.05) is 0 Å². The highest BCUT2D eigenvalue weighted by atomic mass is 16.1. The molecule has 0 radical (unpaired) electrons. The van der Waals surface area contributed by atoms with Crippen LogP contribution in [0.15, 0.2) is 17.7 Å². The highest BCUT2D eigenvalue weighted by Crippen LogP contribution is 1.97. The lowest BCUT2D eigenvalue weighted by Gasteiger charge is -1.89. The number of allylic oxidation sites excluding steroid dienone is 3. The van der Waals surface area contributed by atoms with Crippen LogP contribution in [0.5, 0.6) is 0 Å². The molecule has 0 saturated carbocycles. The minimum absolute atomic E-state index is 0.207. The van der Waals surface area contributed by atoms with Gasteiger partial charge in [-0.1, -0.05) is 13.0 Å². The van der Waals surface area contributed by atoms with Crippen LogP contribution in [0.25, 0.3) is 0 Å². The molecule has 54 valence electrons. The lowest BCUT2D eigenvalue weighted by molar-refractivity contribution is -0.111. The summed E-state index contributed by atoms with van der Waals surface area (Å²) in [5.74, 6) is 1.37. The van der Waals surface area contributed by atoms with Gasteiger partial charge in [-0.2, -0.15) is 0 Å². The van der Waals surface area contributed by atoms with Gasteiger partial charge in [0.25, 0.3) is 0 Å². The zero-order valence-corrected chi connectivity index (χ0v) is 6.18. The number of rotatable bonds is 3. The first-order chi connectivity index (χ1) is 4.76. The average Bonchev–Trinajstić information content (AvgIpc) is 1.91. The standard InChI is InChI=1S/C8H10O2/c1-3-5-8(10)7(4-2)6-9/h3,5H,4H2,1-2H3. The molecule has 0 unspecified atom stereocenters. The lowest BCUT2D eigenvalue weighted by Crippen LogP contribution is -1.97. The van der Waals surface area contributed by atoms with Gasteiger partial charge in [-0.25, -0.2) is 4.79 Å². The maximum Gasteiger partial charge on any atom is 0.192 e. The topological polar surface area (TPSA) is 34.1 Å². The molecule has 0 aromatic carbocycles. The number of ketones is 1. The Labute approximate surface area is 60.2 Å². The molecular weight excluding hydrogens is 128 g/mol. The SMILES string of the molecule is CC=CC(=O)C(=C=O)CC. The molecule has 0 saturated heterocycles. The van der Waals surface area contributed by atoms with E-state index in [0.717, 1.165) is 0 Å². The van der Waals surface area contributed by atoms with Crippen molar-refractivity contribution in [3.63, 3.8) is 0 Å². The van der Waals surface area contributed by atoms with Crippen molar-refractivity contribution in [1.82, 2.24) is 0 Å². The molecular formula is C8H10O2. The van der Waals surface area contributed by atoms with Gasteiger partial charge in [-0.3, -0.25) is 4.79 Å². The van der Waals surface area contributed by atoms with Gasteiger partial charge < -0.3 is 0 Å². The molecule has 0 rings (SSSR count). The molecule has 0 aliphatic rings. The second-order valence-electron chi connectivity index (χ2n) is 1.80. The summed E-state index contributed by atoms with van der Waals surface area (Å²) in [6.07, 6.45) is 3.42. The summed E-state index contributed by atoms with van der Waals surface area (Å²) in [6.45, 7) is 3.48. The van der Waals surface area contributed by atoms with Crippen molar-refractivity contribution >= 4 is 11.7 Å². The average molecular weight is 138 g/mol. The second-order valence-corrected chi connectivity index (χ2v) is 1.80. The van der Waals surface area contributed by atoms with E-state index in [1.807, 2.05) is 0 Å². The van der Waals surface area contributed by atoms with Crippen molar-refractivity contribution in [2.24, 2.45) is 0 Å². The Bertz CT molecular complexity index is 195. The summed E-state index contributed by atoms with van der Waals surface area (Å²) < 4.78 is 0. The molecule has 0 N–H and O–H groups in total. The molecule has 0 aliphatic heterocycles. The normalized spacial score (nSPS) is 9.40. The molecule has 0 aliphatic carbocycles. The molecule has 2 heteroatoms. The largest absolute Gasteiger partial charge is 0.289 e. The van der Waals surface area contributed by atoms with E-state index in [1.165, 1.54) is 6.08 Å². The van der Waals surface area contributed by atoms with Gasteiger partial charge in [0.1, 0.15) is 5.94 Å². The zero-order valence-electron chi connectivity index (χ0n) is 6.18. The zero-order chi connectivity index (χ0) is 7.98. The molecule has 10 heavy (non-hydrogen) atoms. The Balaban J connectivity index is 4.33. The maximum absolute atomic E-state index is 10.8. The molecule has 0 heterocycles. The molecule has 0 aromatic heterocycles. The van der Waals surface area contributed by atoms with E-state index in [0.29, 0.717) is 6.42 Å². The van der Waals surface area contributed by atoms with Crippen molar-refractivity contribution in [2.45, 2.75) is 20.3 Å². The Morgan fingerprint density at radius 3 is 2.50 bits per heavy atom. The summed E-state index contributed by atoms with van der Waals surface area (Å²) in [5, 5.41) is 0. The molecule has 2 nitrogen and oxygen atoms in total. The van der Waals surface area contributed by atoms with E-state index in [2.05, 4.69) is 0 Å². The van der Waals surface area contributed by atoms with Crippen LogP contribution in [-0.2, 0) is 9.59 Å². The first-order valence-corrected chi connectivity index (χ1v) is 3.17. The predicted molar refractivity (Wildman–Crippen MR) is 39.3 cm³/mol. The fraction of sp³-hybridized carbons (Fsp3) is 0.375. The summed E-state index contributed by atoms with van der Waals surface area (Å²) in [6, 6.07) is 0. The summed E-state index contributed by atoms with van der Waals surface area (Å²) in [4.78, 5) is 20.9. The summed E-state index contributed by atoms with van der Waals surface area (Å²) in [5.41, 5.74) is 0.207. The van der Waals surface area contributed by atoms with Crippen molar-refractivity contribution in [2.75, 3.05) is 0 Å². The van der Waals surface area contributed by atoms with Crippen molar-refractivity contribution in [3.8, 4) is 0 Å². The van der Waals surface area contributed by atoms with E-state index in [1.54, 1.807) is 25.9 Å². The predicted octanol–water partition coefficient (Wildman–Crippen LogP) is 1.30. The first-order valence-electron chi connectivity index (χ1n) is 3.17. The third kappa shape index (κ3) is 2.42. The van der Waals surface area contributed by atoms with Crippen LogP contribution in [0.2, 0.25) is 0 Å². The quantitative estimate of drug-likeness (QED) is 0.435. The molecule has 0 aromatic rings. The van der Waals surface area contributed by atoms with E-state index >= 15 is 0 Å². The minimum atomic E-state index is -0.236. The van der Waals surface area contributed by atoms with Crippen molar-refractivity contribution in [3.05, 3.63) is 17.7 Å². The Kier molecular flexibility index (Phi) is 4.17. The summed E-state index contributed by atoms with van der Waals surface area (Å²) >= 11 is 0. The van der Waals surface area contributed by atoms with Crippen LogP contribution in [0, 0.1) is 0 Å². The lowest BCUT2D eigenvalue weighted by atomic mass is 10.1. The van der Waals surface area contributed by atoms with Crippen LogP contribution < -0.4 is 0 Å². The molecule has 0 atom stereocenters. The third-order valence-corrected chi connectivity index (χ3v) is 1.09. The fourth-order valence-corrected chi connectivity index (χ4v) is 0.549. The number of hydrogen-bond acceptors (Lipinski definition) is 2. The van der Waals surface area contributed by atoms with Crippen LogP contribution in [-0.4, -0.2) is 11.7 Å². The number of carbonyl (C=O) groups is 1. The van der Waals surface area contributed by atoms with Crippen molar-refractivity contribution in [1.29, 1.82) is 0 Å². The van der Waals surface area contributed by atoms with Gasteiger partial charge in [0.2, 0.25) is 0 Å². The van der Waals surface area contributed by atoms with E-state index in [4.69, 9.17) is 0 Å². The third-order valence-electron chi connectivity index (χ3n) is 1.09. The molecule has 0 fully saturated rings. The van der Waals surface area contributed by atoms with Gasteiger partial charge in [-0.15, -0.1) is 0 Å². The van der Waals surface area contributed by atoms with Gasteiger partial charge in [0.05, 0.1) is 5.57 Å². The Morgan fingerprint density at radius 2 is 2.20 bits per heavy atom. The Morgan fingerprint density at radius 1 is 1.60 bits per heavy atom. The van der Waals surface area contributed by atoms with Crippen LogP contribution in [0.1, 0.15) is 20.3 Å². The van der Waals surface area contributed by atoms with Crippen LogP contribution in [0.4, 0.5) is 0 Å².